The van der Waals surface area contributed by atoms with Crippen LogP contribution in [0.1, 0.15) is 28.6 Å². The van der Waals surface area contributed by atoms with Crippen LogP contribution in [0.4, 0.5) is 4.39 Å². The van der Waals surface area contributed by atoms with Gasteiger partial charge < -0.3 is 9.30 Å². The van der Waals surface area contributed by atoms with Crippen LogP contribution in [0.2, 0.25) is 0 Å². The van der Waals surface area contributed by atoms with E-state index in [0.717, 1.165) is 0 Å². The zero-order valence-electron chi connectivity index (χ0n) is 16.1. The fourth-order valence-corrected chi connectivity index (χ4v) is 4.57. The van der Waals surface area contributed by atoms with Crippen LogP contribution in [-0.4, -0.2) is 25.1 Å². The van der Waals surface area contributed by atoms with Gasteiger partial charge in [0.05, 0.1) is 12.0 Å². The van der Waals surface area contributed by atoms with Crippen molar-refractivity contribution in [3.63, 3.8) is 0 Å². The molecule has 0 radical (unpaired) electrons. The van der Waals surface area contributed by atoms with Gasteiger partial charge in [-0.1, -0.05) is 12.1 Å². The quantitative estimate of drug-likeness (QED) is 0.686. The monoisotopic (exact) mass is 403 g/mol. The third kappa shape index (κ3) is 3.93. The standard InChI is InChI=1S/C20H22FN3O3S/c1-13-10-17(11-14(2)19(13)27-4)28(25,26)23-18(20-22-8-9-24(20)3)15-6-5-7-16(21)12-15/h5-12,18,23H,1-4H3. The molecule has 0 aliphatic rings. The van der Waals surface area contributed by atoms with Crippen molar-refractivity contribution >= 4 is 10.0 Å². The lowest BCUT2D eigenvalue weighted by Crippen LogP contribution is -2.31. The van der Waals surface area contributed by atoms with E-state index in [4.69, 9.17) is 4.74 Å². The molecule has 0 amide bonds. The number of halogens is 1. The number of hydrogen-bond acceptors (Lipinski definition) is 4. The minimum Gasteiger partial charge on any atom is -0.496 e. The lowest BCUT2D eigenvalue weighted by Gasteiger charge is -2.20. The molecule has 0 saturated heterocycles. The molecular formula is C20H22FN3O3S. The third-order valence-corrected chi connectivity index (χ3v) is 5.92. The highest BCUT2D eigenvalue weighted by Crippen LogP contribution is 2.29. The summed E-state index contributed by atoms with van der Waals surface area (Å²) in [7, 11) is -0.616. The summed E-state index contributed by atoms with van der Waals surface area (Å²) in [5.41, 5.74) is 1.88. The summed E-state index contributed by atoms with van der Waals surface area (Å²) in [6.45, 7) is 3.57. The number of nitrogens with one attached hydrogen (secondary N) is 1. The van der Waals surface area contributed by atoms with Crippen molar-refractivity contribution in [3.8, 4) is 5.75 Å². The van der Waals surface area contributed by atoms with E-state index in [1.54, 1.807) is 63.2 Å². The van der Waals surface area contributed by atoms with Crippen LogP contribution in [-0.2, 0) is 17.1 Å². The molecule has 1 N–H and O–H groups in total. The predicted molar refractivity (Wildman–Crippen MR) is 104 cm³/mol. The molecule has 3 rings (SSSR count). The number of methoxy groups -OCH3 is 1. The smallest absolute Gasteiger partial charge is 0.241 e. The fourth-order valence-electron chi connectivity index (χ4n) is 3.22. The summed E-state index contributed by atoms with van der Waals surface area (Å²) < 4.78 is 49.7. The summed E-state index contributed by atoms with van der Waals surface area (Å²) >= 11 is 0. The highest BCUT2D eigenvalue weighted by Gasteiger charge is 2.27. The Hall–Kier alpha value is -2.71. The van der Waals surface area contributed by atoms with Crippen LogP contribution in [0.3, 0.4) is 0 Å². The molecular weight excluding hydrogens is 381 g/mol. The Morgan fingerprint density at radius 1 is 1.18 bits per heavy atom. The van der Waals surface area contributed by atoms with E-state index >= 15 is 0 Å². The molecule has 1 heterocycles. The maximum absolute atomic E-state index is 13.8. The second-order valence-corrected chi connectivity index (χ2v) is 8.31. The maximum Gasteiger partial charge on any atom is 0.241 e. The van der Waals surface area contributed by atoms with Gasteiger partial charge in [-0.05, 0) is 54.8 Å². The molecule has 1 unspecified atom stereocenters. The Kier molecular flexibility index (Phi) is 5.53. The molecule has 3 aromatic rings. The number of aromatic nitrogens is 2. The van der Waals surface area contributed by atoms with E-state index in [1.165, 1.54) is 18.2 Å². The Morgan fingerprint density at radius 2 is 1.86 bits per heavy atom. The molecule has 28 heavy (non-hydrogen) atoms. The molecule has 1 aromatic heterocycles. The van der Waals surface area contributed by atoms with Crippen LogP contribution in [0.15, 0.2) is 53.7 Å². The molecule has 0 aliphatic heterocycles. The van der Waals surface area contributed by atoms with Gasteiger partial charge in [0.25, 0.3) is 0 Å². The molecule has 8 heteroatoms. The number of nitrogens with zero attached hydrogens (tertiary/aromatic N) is 2. The first kappa shape index (κ1) is 20.0. The summed E-state index contributed by atoms with van der Waals surface area (Å²) in [4.78, 5) is 4.37. The first-order chi connectivity index (χ1) is 13.2. The summed E-state index contributed by atoms with van der Waals surface area (Å²) in [5, 5.41) is 0. The maximum atomic E-state index is 13.8. The third-order valence-electron chi connectivity index (χ3n) is 4.52. The molecule has 0 spiro atoms. The van der Waals surface area contributed by atoms with E-state index in [2.05, 4.69) is 9.71 Å². The highest BCUT2D eigenvalue weighted by molar-refractivity contribution is 7.89. The SMILES string of the molecule is COc1c(C)cc(S(=O)(=O)NC(c2cccc(F)c2)c2nccn2C)cc1C. The summed E-state index contributed by atoms with van der Waals surface area (Å²) in [5.74, 6) is 0.646. The molecule has 1 atom stereocenters. The Morgan fingerprint density at radius 3 is 2.39 bits per heavy atom. The van der Waals surface area contributed by atoms with Crippen LogP contribution in [0.5, 0.6) is 5.75 Å². The molecule has 2 aromatic carbocycles. The normalized spacial score (nSPS) is 12.8. The largest absolute Gasteiger partial charge is 0.496 e. The van der Waals surface area contributed by atoms with Crippen molar-refractivity contribution < 1.29 is 17.5 Å². The summed E-state index contributed by atoms with van der Waals surface area (Å²) in [6, 6.07) is 8.07. The second kappa shape index (κ2) is 7.73. The van der Waals surface area contributed by atoms with E-state index < -0.39 is 21.9 Å². The van der Waals surface area contributed by atoms with Gasteiger partial charge in [0.2, 0.25) is 10.0 Å². The highest BCUT2D eigenvalue weighted by atomic mass is 32.2. The van der Waals surface area contributed by atoms with Crippen molar-refractivity contribution in [1.82, 2.24) is 14.3 Å². The van der Waals surface area contributed by atoms with Gasteiger partial charge in [-0.15, -0.1) is 0 Å². The van der Waals surface area contributed by atoms with Gasteiger partial charge in [0, 0.05) is 19.4 Å². The van der Waals surface area contributed by atoms with Crippen LogP contribution < -0.4 is 9.46 Å². The topological polar surface area (TPSA) is 73.2 Å². The van der Waals surface area contributed by atoms with E-state index in [9.17, 15) is 12.8 Å². The van der Waals surface area contributed by atoms with Crippen molar-refractivity contribution in [1.29, 1.82) is 0 Å². The Labute approximate surface area is 164 Å². The first-order valence-corrected chi connectivity index (χ1v) is 10.1. The first-order valence-electron chi connectivity index (χ1n) is 8.63. The molecule has 0 bridgehead atoms. The number of hydrogen-bond donors (Lipinski definition) is 1. The van der Waals surface area contributed by atoms with Gasteiger partial charge >= 0.3 is 0 Å². The van der Waals surface area contributed by atoms with Crippen molar-refractivity contribution in [3.05, 3.63) is 77.1 Å². The van der Waals surface area contributed by atoms with E-state index in [1.807, 2.05) is 0 Å². The number of rotatable bonds is 6. The molecule has 0 fully saturated rings. The molecule has 0 saturated carbocycles. The van der Waals surface area contributed by atoms with Crippen LogP contribution in [0.25, 0.3) is 0 Å². The van der Waals surface area contributed by atoms with Crippen LogP contribution >= 0.6 is 0 Å². The van der Waals surface area contributed by atoms with E-state index in [0.29, 0.717) is 28.3 Å². The molecule has 6 nitrogen and oxygen atoms in total. The van der Waals surface area contributed by atoms with Gasteiger partial charge in [0.15, 0.2) is 0 Å². The minimum absolute atomic E-state index is 0.110. The number of aryl methyl sites for hydroxylation is 3. The van der Waals surface area contributed by atoms with Gasteiger partial charge in [-0.3, -0.25) is 0 Å². The molecule has 148 valence electrons. The lowest BCUT2D eigenvalue weighted by molar-refractivity contribution is 0.408. The van der Waals surface area contributed by atoms with Gasteiger partial charge in [-0.25, -0.2) is 17.8 Å². The number of sulfonamides is 1. The van der Waals surface area contributed by atoms with Gasteiger partial charge in [-0.2, -0.15) is 4.72 Å². The number of benzene rings is 2. The predicted octanol–water partition coefficient (Wildman–Crippen LogP) is 3.25. The average molecular weight is 403 g/mol. The Balaban J connectivity index is 2.07. The van der Waals surface area contributed by atoms with Crippen molar-refractivity contribution in [2.24, 2.45) is 7.05 Å². The fraction of sp³-hybridized carbons (Fsp3) is 0.250. The van der Waals surface area contributed by atoms with Crippen LogP contribution in [0, 0.1) is 19.7 Å². The zero-order valence-corrected chi connectivity index (χ0v) is 16.9. The minimum atomic E-state index is -3.91. The zero-order chi connectivity index (χ0) is 20.5. The van der Waals surface area contributed by atoms with Crippen molar-refractivity contribution in [2.75, 3.05) is 7.11 Å². The molecule has 0 aliphatic carbocycles. The second-order valence-electron chi connectivity index (χ2n) is 6.60. The van der Waals surface area contributed by atoms with E-state index in [-0.39, 0.29) is 4.90 Å². The summed E-state index contributed by atoms with van der Waals surface area (Å²) in [6.07, 6.45) is 3.27. The Bertz CT molecular complexity index is 1090. The van der Waals surface area contributed by atoms with Crippen molar-refractivity contribution in [2.45, 2.75) is 24.8 Å². The van der Waals surface area contributed by atoms with Gasteiger partial charge in [0.1, 0.15) is 23.4 Å². The average Bonchev–Trinajstić information content (AvgIpc) is 3.05. The lowest BCUT2D eigenvalue weighted by atomic mass is 10.1. The number of imidazole rings is 1. The number of ether oxygens (including phenoxy) is 1.